The number of benzene rings is 1. The van der Waals surface area contributed by atoms with Crippen LogP contribution in [0.15, 0.2) is 36.9 Å². The minimum Gasteiger partial charge on any atom is -0.451 e. The summed E-state index contributed by atoms with van der Waals surface area (Å²) in [4.78, 5) is 23.9. The molecule has 0 aliphatic heterocycles. The molecule has 0 aliphatic rings. The minimum absolute atomic E-state index is 0.227. The summed E-state index contributed by atoms with van der Waals surface area (Å²) in [5.41, 5.74) is 0.906. The van der Waals surface area contributed by atoms with E-state index in [0.29, 0.717) is 5.02 Å². The highest BCUT2D eigenvalue weighted by atomic mass is 35.5. The Hall–Kier alpha value is -1.85. The van der Waals surface area contributed by atoms with Gasteiger partial charge in [-0.3, -0.25) is 4.79 Å². The lowest BCUT2D eigenvalue weighted by molar-refractivity contribution is -0.164. The summed E-state index contributed by atoms with van der Waals surface area (Å²) in [6.07, 6.45) is -0.128. The van der Waals surface area contributed by atoms with Gasteiger partial charge in [0.2, 0.25) is 0 Å². The number of ether oxygens (including phenoxy) is 2. The maximum Gasteiger partial charge on any atom is 0.335 e. The minimum atomic E-state index is -0.910. The van der Waals surface area contributed by atoms with Crippen LogP contribution in [0.3, 0.4) is 0 Å². The fourth-order valence-corrected chi connectivity index (χ4v) is 1.90. The number of esters is 1. The molecule has 3 unspecified atom stereocenters. The smallest absolute Gasteiger partial charge is 0.335 e. The number of amides is 1. The molecule has 0 saturated carbocycles. The molecular formula is C17H22ClNO4. The number of nitrogens with one attached hydrogen (secondary N) is 1. The van der Waals surface area contributed by atoms with Crippen LogP contribution in [0, 0.1) is 0 Å². The Morgan fingerprint density at radius 2 is 1.83 bits per heavy atom. The van der Waals surface area contributed by atoms with Gasteiger partial charge in [-0.2, -0.15) is 0 Å². The van der Waals surface area contributed by atoms with Crippen molar-refractivity contribution in [2.24, 2.45) is 0 Å². The first-order valence-electron chi connectivity index (χ1n) is 7.34. The lowest BCUT2D eigenvalue weighted by atomic mass is 10.1. The van der Waals surface area contributed by atoms with Crippen molar-refractivity contribution in [3.05, 3.63) is 47.5 Å². The average molecular weight is 340 g/mol. The summed E-state index contributed by atoms with van der Waals surface area (Å²) in [5.74, 6) is -0.967. The van der Waals surface area contributed by atoms with E-state index in [2.05, 4.69) is 11.9 Å². The lowest BCUT2D eigenvalue weighted by Gasteiger charge is -2.19. The molecule has 1 rings (SSSR count). The average Bonchev–Trinajstić information content (AvgIpc) is 2.52. The van der Waals surface area contributed by atoms with Gasteiger partial charge in [-0.05, 0) is 38.5 Å². The predicted molar refractivity (Wildman–Crippen MR) is 89.2 cm³/mol. The van der Waals surface area contributed by atoms with E-state index >= 15 is 0 Å². The molecule has 126 valence electrons. The third-order valence-corrected chi connectivity index (χ3v) is 3.44. The molecule has 1 N–H and O–H groups in total. The highest BCUT2D eigenvalue weighted by molar-refractivity contribution is 6.30. The van der Waals surface area contributed by atoms with Crippen LogP contribution in [0.1, 0.15) is 32.4 Å². The molecule has 0 radical (unpaired) electrons. The summed E-state index contributed by atoms with van der Waals surface area (Å²) in [7, 11) is 0. The van der Waals surface area contributed by atoms with Crippen molar-refractivity contribution in [3.63, 3.8) is 0 Å². The molecule has 0 saturated heterocycles. The Morgan fingerprint density at radius 3 is 2.39 bits per heavy atom. The summed E-state index contributed by atoms with van der Waals surface area (Å²) < 4.78 is 10.3. The highest BCUT2D eigenvalue weighted by Gasteiger charge is 2.23. The van der Waals surface area contributed by atoms with Crippen molar-refractivity contribution < 1.29 is 19.1 Å². The van der Waals surface area contributed by atoms with Crippen LogP contribution in [0.5, 0.6) is 0 Å². The van der Waals surface area contributed by atoms with E-state index in [0.717, 1.165) is 5.56 Å². The van der Waals surface area contributed by atoms with E-state index in [-0.39, 0.29) is 18.6 Å². The first-order chi connectivity index (χ1) is 10.8. The maximum atomic E-state index is 12.1. The fraction of sp³-hybridized carbons (Fsp3) is 0.412. The van der Waals surface area contributed by atoms with Crippen LogP contribution in [-0.4, -0.2) is 30.7 Å². The molecule has 23 heavy (non-hydrogen) atoms. The van der Waals surface area contributed by atoms with Crippen molar-refractivity contribution in [1.82, 2.24) is 5.32 Å². The van der Waals surface area contributed by atoms with Gasteiger partial charge in [0.25, 0.3) is 5.91 Å². The molecule has 0 heterocycles. The molecule has 1 aromatic rings. The second-order valence-electron chi connectivity index (χ2n) is 5.13. The molecule has 1 aromatic carbocycles. The van der Waals surface area contributed by atoms with E-state index < -0.39 is 18.2 Å². The van der Waals surface area contributed by atoms with Crippen molar-refractivity contribution in [2.45, 2.75) is 39.0 Å². The Morgan fingerprint density at radius 1 is 1.22 bits per heavy atom. The van der Waals surface area contributed by atoms with E-state index in [4.69, 9.17) is 21.1 Å². The predicted octanol–water partition coefficient (Wildman–Crippen LogP) is 3.04. The SMILES string of the molecule is C=CCOC(C)C(=O)OC(C)C(=O)NC(C)c1ccc(Cl)cc1. The first kappa shape index (κ1) is 19.2. The number of hydrogen-bond acceptors (Lipinski definition) is 4. The van der Waals surface area contributed by atoms with Gasteiger partial charge in [0.15, 0.2) is 12.2 Å². The van der Waals surface area contributed by atoms with Gasteiger partial charge in [0, 0.05) is 5.02 Å². The molecule has 0 bridgehead atoms. The molecular weight excluding hydrogens is 318 g/mol. The normalized spacial score (nSPS) is 14.4. The topological polar surface area (TPSA) is 64.6 Å². The largest absolute Gasteiger partial charge is 0.451 e. The molecule has 5 nitrogen and oxygen atoms in total. The van der Waals surface area contributed by atoms with Crippen LogP contribution in [-0.2, 0) is 19.1 Å². The highest BCUT2D eigenvalue weighted by Crippen LogP contribution is 2.16. The summed E-state index contributed by atoms with van der Waals surface area (Å²) >= 11 is 5.83. The van der Waals surface area contributed by atoms with Crippen LogP contribution in [0.25, 0.3) is 0 Å². The number of hydrogen-bond donors (Lipinski definition) is 1. The molecule has 6 heteroatoms. The van der Waals surface area contributed by atoms with Crippen molar-refractivity contribution in [3.8, 4) is 0 Å². The Kier molecular flexibility index (Phi) is 7.78. The molecule has 0 spiro atoms. The lowest BCUT2D eigenvalue weighted by Crippen LogP contribution is -2.39. The number of rotatable bonds is 8. The van der Waals surface area contributed by atoms with E-state index in [1.54, 1.807) is 19.1 Å². The Bertz CT molecular complexity index is 544. The monoisotopic (exact) mass is 339 g/mol. The summed E-state index contributed by atoms with van der Waals surface area (Å²) in [6.45, 7) is 8.66. The van der Waals surface area contributed by atoms with Gasteiger partial charge in [-0.1, -0.05) is 29.8 Å². The van der Waals surface area contributed by atoms with Gasteiger partial charge >= 0.3 is 5.97 Å². The summed E-state index contributed by atoms with van der Waals surface area (Å²) in [6, 6.07) is 6.93. The third-order valence-electron chi connectivity index (χ3n) is 3.19. The van der Waals surface area contributed by atoms with Gasteiger partial charge in [0.1, 0.15) is 0 Å². The zero-order chi connectivity index (χ0) is 17.4. The van der Waals surface area contributed by atoms with Crippen LogP contribution in [0.2, 0.25) is 5.02 Å². The van der Waals surface area contributed by atoms with Gasteiger partial charge in [-0.15, -0.1) is 6.58 Å². The Labute approximate surface area is 141 Å². The zero-order valence-corrected chi connectivity index (χ0v) is 14.3. The number of carbonyl (C=O) groups is 2. The third kappa shape index (κ3) is 6.42. The molecule has 0 fully saturated rings. The Balaban J connectivity index is 2.51. The van der Waals surface area contributed by atoms with Gasteiger partial charge in [-0.25, -0.2) is 4.79 Å². The standard InChI is InChI=1S/C17H22ClNO4/c1-5-10-22-13(4)17(21)23-12(3)16(20)19-11(2)14-6-8-15(18)9-7-14/h5-9,11-13H,1,10H2,2-4H3,(H,19,20). The van der Waals surface area contributed by atoms with Gasteiger partial charge in [0.05, 0.1) is 12.6 Å². The van der Waals surface area contributed by atoms with Crippen LogP contribution in [0.4, 0.5) is 0 Å². The molecule has 3 atom stereocenters. The zero-order valence-electron chi connectivity index (χ0n) is 13.5. The van der Waals surface area contributed by atoms with E-state index in [9.17, 15) is 9.59 Å². The number of halogens is 1. The van der Waals surface area contributed by atoms with Crippen molar-refractivity contribution >= 4 is 23.5 Å². The van der Waals surface area contributed by atoms with Crippen LogP contribution < -0.4 is 5.32 Å². The van der Waals surface area contributed by atoms with Crippen molar-refractivity contribution in [1.29, 1.82) is 0 Å². The van der Waals surface area contributed by atoms with Gasteiger partial charge < -0.3 is 14.8 Å². The maximum absolute atomic E-state index is 12.1. The van der Waals surface area contributed by atoms with E-state index in [1.165, 1.54) is 13.0 Å². The second-order valence-corrected chi connectivity index (χ2v) is 5.56. The molecule has 0 aromatic heterocycles. The second kappa shape index (κ2) is 9.33. The molecule has 1 amide bonds. The first-order valence-corrected chi connectivity index (χ1v) is 7.71. The summed E-state index contributed by atoms with van der Waals surface area (Å²) in [5, 5.41) is 3.41. The quantitative estimate of drug-likeness (QED) is 0.584. The fourth-order valence-electron chi connectivity index (χ4n) is 1.77. The molecule has 0 aliphatic carbocycles. The van der Waals surface area contributed by atoms with E-state index in [1.807, 2.05) is 19.1 Å². The number of carbonyl (C=O) groups excluding carboxylic acids is 2. The van der Waals surface area contributed by atoms with Crippen molar-refractivity contribution in [2.75, 3.05) is 6.61 Å². The van der Waals surface area contributed by atoms with Crippen LogP contribution >= 0.6 is 11.6 Å².